The van der Waals surface area contributed by atoms with Crippen LogP contribution in [0.15, 0.2) is 11.2 Å². The first kappa shape index (κ1) is 15.3. The zero-order valence-corrected chi connectivity index (χ0v) is 13.1. The fraction of sp³-hybridized carbons (Fsp3) is 0.667. The number of amides is 1. The van der Waals surface area contributed by atoms with E-state index >= 15 is 0 Å². The summed E-state index contributed by atoms with van der Waals surface area (Å²) in [5, 5.41) is 3.84. The van der Waals surface area contributed by atoms with Gasteiger partial charge in [-0.1, -0.05) is 37.4 Å². The molecule has 0 spiro atoms. The summed E-state index contributed by atoms with van der Waals surface area (Å²) in [5.41, 5.74) is 1.90. The molecule has 1 saturated carbocycles. The quantitative estimate of drug-likeness (QED) is 0.527. The lowest BCUT2D eigenvalue weighted by atomic mass is 10.1. The highest BCUT2D eigenvalue weighted by Crippen LogP contribution is 2.18. The molecule has 0 radical (unpaired) electrons. The molecule has 1 aliphatic rings. The average Bonchev–Trinajstić information content (AvgIpc) is 2.64. The molecule has 0 saturated heterocycles. The molecule has 4 nitrogen and oxygen atoms in total. The second-order valence-corrected chi connectivity index (χ2v) is 6.42. The van der Waals surface area contributed by atoms with Crippen molar-refractivity contribution in [2.75, 3.05) is 5.75 Å². The molecule has 1 aromatic rings. The molecule has 1 heterocycles. The van der Waals surface area contributed by atoms with E-state index in [1.807, 2.05) is 19.9 Å². The second-order valence-electron chi connectivity index (χ2n) is 5.48. The molecule has 2 rings (SSSR count). The molecule has 1 amide bonds. The van der Waals surface area contributed by atoms with Crippen LogP contribution < -0.4 is 5.32 Å². The Kier molecular flexibility index (Phi) is 5.83. The molecule has 0 bridgehead atoms. The van der Waals surface area contributed by atoms with E-state index in [9.17, 15) is 4.79 Å². The molecule has 0 unspecified atom stereocenters. The Morgan fingerprint density at radius 2 is 1.80 bits per heavy atom. The summed E-state index contributed by atoms with van der Waals surface area (Å²) in [4.78, 5) is 20.7. The summed E-state index contributed by atoms with van der Waals surface area (Å²) in [5.74, 6) is 0.504. The summed E-state index contributed by atoms with van der Waals surface area (Å²) in [6, 6.07) is 2.31. The Labute approximate surface area is 125 Å². The van der Waals surface area contributed by atoms with Gasteiger partial charge in [-0.3, -0.25) is 4.79 Å². The van der Waals surface area contributed by atoms with Crippen molar-refractivity contribution < 1.29 is 4.79 Å². The third-order valence-electron chi connectivity index (χ3n) is 3.51. The fourth-order valence-corrected chi connectivity index (χ4v) is 3.34. The monoisotopic (exact) mass is 293 g/mol. The van der Waals surface area contributed by atoms with Crippen molar-refractivity contribution in [1.29, 1.82) is 0 Å². The third-order valence-corrected chi connectivity index (χ3v) is 4.36. The van der Waals surface area contributed by atoms with Gasteiger partial charge in [-0.2, -0.15) is 0 Å². The number of aryl methyl sites for hydroxylation is 2. The molecule has 5 heteroatoms. The van der Waals surface area contributed by atoms with Gasteiger partial charge in [0, 0.05) is 17.4 Å². The highest BCUT2D eigenvalue weighted by Gasteiger charge is 2.15. The maximum absolute atomic E-state index is 12.0. The van der Waals surface area contributed by atoms with Crippen LogP contribution in [-0.4, -0.2) is 27.7 Å². The van der Waals surface area contributed by atoms with E-state index in [2.05, 4.69) is 15.3 Å². The van der Waals surface area contributed by atoms with Crippen molar-refractivity contribution in [1.82, 2.24) is 15.3 Å². The summed E-state index contributed by atoms with van der Waals surface area (Å²) in [7, 11) is 0. The van der Waals surface area contributed by atoms with Gasteiger partial charge in [0.2, 0.25) is 5.91 Å². The number of aromatic nitrogens is 2. The van der Waals surface area contributed by atoms with Crippen molar-refractivity contribution in [3.05, 3.63) is 17.5 Å². The first-order valence-electron chi connectivity index (χ1n) is 7.38. The number of carbonyl (C=O) groups is 1. The molecular formula is C15H23N3OS. The van der Waals surface area contributed by atoms with Gasteiger partial charge in [0.25, 0.3) is 0 Å². The molecule has 1 N–H and O–H groups in total. The molecular weight excluding hydrogens is 270 g/mol. The van der Waals surface area contributed by atoms with Crippen molar-refractivity contribution in [3.8, 4) is 0 Å². The summed E-state index contributed by atoms with van der Waals surface area (Å²) >= 11 is 1.42. The van der Waals surface area contributed by atoms with Gasteiger partial charge in [-0.25, -0.2) is 9.97 Å². The Morgan fingerprint density at radius 3 is 2.40 bits per heavy atom. The average molecular weight is 293 g/mol. The van der Waals surface area contributed by atoms with Gasteiger partial charge in [0.15, 0.2) is 5.16 Å². The first-order valence-corrected chi connectivity index (χ1v) is 8.36. The summed E-state index contributed by atoms with van der Waals surface area (Å²) in [6.45, 7) is 3.90. The van der Waals surface area contributed by atoms with E-state index in [0.717, 1.165) is 24.2 Å². The number of rotatable bonds is 4. The van der Waals surface area contributed by atoms with Crippen molar-refractivity contribution in [2.45, 2.75) is 63.6 Å². The van der Waals surface area contributed by atoms with E-state index in [1.165, 1.54) is 37.4 Å². The topological polar surface area (TPSA) is 54.9 Å². The Morgan fingerprint density at radius 1 is 1.20 bits per heavy atom. The molecule has 1 aliphatic carbocycles. The van der Waals surface area contributed by atoms with E-state index < -0.39 is 0 Å². The highest BCUT2D eigenvalue weighted by molar-refractivity contribution is 7.99. The van der Waals surface area contributed by atoms with Crippen molar-refractivity contribution >= 4 is 17.7 Å². The Balaban J connectivity index is 1.79. The largest absolute Gasteiger partial charge is 0.353 e. The molecule has 1 fully saturated rings. The molecule has 0 aromatic carbocycles. The van der Waals surface area contributed by atoms with E-state index in [4.69, 9.17) is 0 Å². The summed E-state index contributed by atoms with van der Waals surface area (Å²) in [6.07, 6.45) is 7.32. The third kappa shape index (κ3) is 5.12. The first-order chi connectivity index (χ1) is 9.63. The van der Waals surface area contributed by atoms with Gasteiger partial charge >= 0.3 is 0 Å². The van der Waals surface area contributed by atoms with Crippen molar-refractivity contribution in [2.24, 2.45) is 0 Å². The minimum Gasteiger partial charge on any atom is -0.353 e. The summed E-state index contributed by atoms with van der Waals surface area (Å²) < 4.78 is 0. The van der Waals surface area contributed by atoms with Crippen LogP contribution in [0.4, 0.5) is 0 Å². The zero-order chi connectivity index (χ0) is 14.4. The predicted octanol–water partition coefficient (Wildman–Crippen LogP) is 3.02. The maximum Gasteiger partial charge on any atom is 0.230 e. The van der Waals surface area contributed by atoms with Crippen LogP contribution in [0.5, 0.6) is 0 Å². The number of nitrogens with zero attached hydrogens (tertiary/aromatic N) is 2. The Bertz CT molecular complexity index is 436. The minimum atomic E-state index is 0.102. The van der Waals surface area contributed by atoms with Crippen LogP contribution >= 0.6 is 11.8 Å². The number of hydrogen-bond donors (Lipinski definition) is 1. The normalized spacial score (nSPS) is 16.7. The predicted molar refractivity (Wildman–Crippen MR) is 81.9 cm³/mol. The lowest BCUT2D eigenvalue weighted by Gasteiger charge is -2.15. The second kappa shape index (κ2) is 7.62. The Hall–Kier alpha value is -1.10. The highest BCUT2D eigenvalue weighted by atomic mass is 32.2. The van der Waals surface area contributed by atoms with Gasteiger partial charge < -0.3 is 5.32 Å². The van der Waals surface area contributed by atoms with Crippen LogP contribution in [-0.2, 0) is 4.79 Å². The van der Waals surface area contributed by atoms with Crippen LogP contribution in [0.1, 0.15) is 49.9 Å². The van der Waals surface area contributed by atoms with Gasteiger partial charge in [0.1, 0.15) is 0 Å². The maximum atomic E-state index is 12.0. The fourth-order valence-electron chi connectivity index (χ4n) is 2.58. The minimum absolute atomic E-state index is 0.102. The lowest BCUT2D eigenvalue weighted by molar-refractivity contribution is -0.119. The number of carbonyl (C=O) groups excluding carboxylic acids is 1. The number of hydrogen-bond acceptors (Lipinski definition) is 4. The lowest BCUT2D eigenvalue weighted by Crippen LogP contribution is -2.35. The van der Waals surface area contributed by atoms with Crippen LogP contribution in [0.2, 0.25) is 0 Å². The smallest absolute Gasteiger partial charge is 0.230 e. The van der Waals surface area contributed by atoms with Crippen LogP contribution in [0, 0.1) is 13.8 Å². The number of nitrogens with one attached hydrogen (secondary N) is 1. The van der Waals surface area contributed by atoms with E-state index in [-0.39, 0.29) is 5.91 Å². The van der Waals surface area contributed by atoms with Crippen LogP contribution in [0.25, 0.3) is 0 Å². The molecule has 0 aliphatic heterocycles. The van der Waals surface area contributed by atoms with E-state index in [0.29, 0.717) is 17.0 Å². The van der Waals surface area contributed by atoms with Crippen LogP contribution in [0.3, 0.4) is 0 Å². The molecule has 0 atom stereocenters. The molecule has 110 valence electrons. The van der Waals surface area contributed by atoms with Gasteiger partial charge in [-0.05, 0) is 32.8 Å². The standard InChI is InChI=1S/C15H23N3OS/c1-11-9-12(2)17-15(16-11)20-10-14(19)18-13-7-5-3-4-6-8-13/h9,13H,3-8,10H2,1-2H3,(H,18,19). The van der Waals surface area contributed by atoms with Gasteiger partial charge in [-0.15, -0.1) is 0 Å². The van der Waals surface area contributed by atoms with Gasteiger partial charge in [0.05, 0.1) is 5.75 Å². The number of thioether (sulfide) groups is 1. The molecule has 20 heavy (non-hydrogen) atoms. The van der Waals surface area contributed by atoms with E-state index in [1.54, 1.807) is 0 Å². The zero-order valence-electron chi connectivity index (χ0n) is 12.3. The SMILES string of the molecule is Cc1cc(C)nc(SCC(=O)NC2CCCCCC2)n1. The van der Waals surface area contributed by atoms with Crippen molar-refractivity contribution in [3.63, 3.8) is 0 Å². The molecule has 1 aromatic heterocycles.